The van der Waals surface area contributed by atoms with Crippen molar-refractivity contribution in [3.63, 3.8) is 0 Å². The molecule has 0 amide bonds. The van der Waals surface area contributed by atoms with Gasteiger partial charge < -0.3 is 0 Å². The van der Waals surface area contributed by atoms with Crippen LogP contribution in [0, 0.1) is 0 Å². The molecule has 1 aliphatic heterocycles. The van der Waals surface area contributed by atoms with E-state index < -0.39 is 0 Å². The molecule has 0 aliphatic carbocycles. The van der Waals surface area contributed by atoms with Crippen LogP contribution in [0.3, 0.4) is 0 Å². The quantitative estimate of drug-likeness (QED) is 0.383. The molecular weight excluding hydrogens is 76.1 g/mol. The first-order valence-corrected chi connectivity index (χ1v) is 2.12. The molecule has 33 valence electrons. The molecule has 1 rings (SSSR count). The molecule has 0 bridgehead atoms. The lowest BCUT2D eigenvalue weighted by Gasteiger charge is -1.98. The Morgan fingerprint density at radius 2 is 2.33 bits per heavy atom. The Hall–Kier alpha value is -0.370. The van der Waals surface area contributed by atoms with E-state index in [1.165, 1.54) is 0 Å². The minimum absolute atomic E-state index is 0.833. The average molecular weight is 83.1 g/mol. The van der Waals surface area contributed by atoms with E-state index in [2.05, 4.69) is 10.3 Å². The van der Waals surface area contributed by atoms with Gasteiger partial charge in [-0.25, -0.2) is 5.32 Å². The van der Waals surface area contributed by atoms with E-state index in [9.17, 15) is 0 Å². The van der Waals surface area contributed by atoms with Crippen LogP contribution in [-0.2, 0) is 0 Å². The van der Waals surface area contributed by atoms with E-state index in [-0.39, 0.29) is 0 Å². The number of aliphatic imine (C=N–C) groups is 1. The summed E-state index contributed by atoms with van der Waals surface area (Å²) in [6, 6.07) is 0. The van der Waals surface area contributed by atoms with Gasteiger partial charge in [0.2, 0.25) is 0 Å². The van der Waals surface area contributed by atoms with Gasteiger partial charge in [-0.05, 0) is 0 Å². The molecule has 0 aromatic rings. The summed E-state index contributed by atoms with van der Waals surface area (Å²) in [5.74, 6) is 0. The standard InChI is InChI=1S/C4H7N2/c1-2-6-4-3-5-1/h1H,2-4H2. The summed E-state index contributed by atoms with van der Waals surface area (Å²) >= 11 is 0. The van der Waals surface area contributed by atoms with Gasteiger partial charge in [-0.15, -0.1) is 0 Å². The van der Waals surface area contributed by atoms with E-state index in [1.807, 2.05) is 6.21 Å². The van der Waals surface area contributed by atoms with Crippen molar-refractivity contribution in [2.75, 3.05) is 19.6 Å². The molecule has 1 aliphatic rings. The lowest BCUT2D eigenvalue weighted by molar-refractivity contribution is 0.731. The van der Waals surface area contributed by atoms with E-state index in [4.69, 9.17) is 0 Å². The molecular formula is C4H7N2. The monoisotopic (exact) mass is 83.1 g/mol. The Bertz CT molecular complexity index is 50.6. The second-order valence-electron chi connectivity index (χ2n) is 1.22. The predicted molar refractivity (Wildman–Crippen MR) is 25.2 cm³/mol. The van der Waals surface area contributed by atoms with Crippen molar-refractivity contribution >= 4 is 6.21 Å². The Morgan fingerprint density at radius 1 is 1.33 bits per heavy atom. The maximum Gasteiger partial charge on any atom is 0.0527 e. The zero-order valence-corrected chi connectivity index (χ0v) is 3.59. The van der Waals surface area contributed by atoms with Gasteiger partial charge in [0.15, 0.2) is 0 Å². The molecule has 0 unspecified atom stereocenters. The summed E-state index contributed by atoms with van der Waals surface area (Å²) in [5.41, 5.74) is 0. The highest BCUT2D eigenvalue weighted by molar-refractivity contribution is 5.60. The lowest BCUT2D eigenvalue weighted by Crippen LogP contribution is -2.16. The highest BCUT2D eigenvalue weighted by Crippen LogP contribution is 1.72. The molecule has 0 atom stereocenters. The molecule has 0 N–H and O–H groups in total. The van der Waals surface area contributed by atoms with Crippen LogP contribution >= 0.6 is 0 Å². The molecule has 0 spiro atoms. The highest BCUT2D eigenvalue weighted by atomic mass is 14.9. The Labute approximate surface area is 37.3 Å². The number of hydrogen-bond donors (Lipinski definition) is 0. The Kier molecular flexibility index (Phi) is 1.22. The predicted octanol–water partition coefficient (Wildman–Crippen LogP) is -0.325. The van der Waals surface area contributed by atoms with Crippen LogP contribution in [0.15, 0.2) is 4.99 Å². The third kappa shape index (κ3) is 0.792. The minimum atomic E-state index is 0.833. The van der Waals surface area contributed by atoms with E-state index in [0.717, 1.165) is 19.6 Å². The van der Waals surface area contributed by atoms with Gasteiger partial charge in [0.1, 0.15) is 0 Å². The molecule has 0 aromatic heterocycles. The van der Waals surface area contributed by atoms with Crippen molar-refractivity contribution in [1.82, 2.24) is 5.32 Å². The van der Waals surface area contributed by atoms with E-state index >= 15 is 0 Å². The van der Waals surface area contributed by atoms with Gasteiger partial charge in [-0.1, -0.05) is 0 Å². The van der Waals surface area contributed by atoms with Crippen LogP contribution in [0.2, 0.25) is 0 Å². The molecule has 1 heterocycles. The van der Waals surface area contributed by atoms with Crippen molar-refractivity contribution in [2.24, 2.45) is 4.99 Å². The minimum Gasteiger partial charge on any atom is -0.295 e. The summed E-state index contributed by atoms with van der Waals surface area (Å²) in [6.07, 6.45) is 1.85. The van der Waals surface area contributed by atoms with E-state index in [0.29, 0.717) is 0 Å². The molecule has 0 fully saturated rings. The summed E-state index contributed by atoms with van der Waals surface area (Å²) in [6.45, 7) is 2.66. The smallest absolute Gasteiger partial charge is 0.0527 e. The third-order valence-electron chi connectivity index (χ3n) is 0.727. The maximum atomic E-state index is 4.03. The fraction of sp³-hybridized carbons (Fsp3) is 0.750. The Morgan fingerprint density at radius 3 is 2.50 bits per heavy atom. The van der Waals surface area contributed by atoms with Crippen molar-refractivity contribution in [3.8, 4) is 0 Å². The van der Waals surface area contributed by atoms with Gasteiger partial charge in [0, 0.05) is 19.3 Å². The van der Waals surface area contributed by atoms with Crippen molar-refractivity contribution in [2.45, 2.75) is 0 Å². The topological polar surface area (TPSA) is 26.5 Å². The van der Waals surface area contributed by atoms with Gasteiger partial charge in [0.05, 0.1) is 6.54 Å². The van der Waals surface area contributed by atoms with Crippen LogP contribution in [0.4, 0.5) is 0 Å². The van der Waals surface area contributed by atoms with Gasteiger partial charge in [-0.3, -0.25) is 4.99 Å². The normalized spacial score (nSPS) is 21.3. The lowest BCUT2D eigenvalue weighted by atomic mass is 10.5. The summed E-state index contributed by atoms with van der Waals surface area (Å²) in [4.78, 5) is 3.96. The highest BCUT2D eigenvalue weighted by Gasteiger charge is 1.87. The first-order chi connectivity index (χ1) is 3.00. The number of rotatable bonds is 0. The largest absolute Gasteiger partial charge is 0.295 e. The average Bonchev–Trinajstić information content (AvgIpc) is 1.72. The number of nitrogens with zero attached hydrogens (tertiary/aromatic N) is 2. The molecule has 2 nitrogen and oxygen atoms in total. The fourth-order valence-electron chi connectivity index (χ4n) is 0.426. The maximum absolute atomic E-state index is 4.03. The molecule has 0 saturated heterocycles. The summed E-state index contributed by atoms with van der Waals surface area (Å²) < 4.78 is 0. The molecule has 6 heavy (non-hydrogen) atoms. The second-order valence-corrected chi connectivity index (χ2v) is 1.22. The van der Waals surface area contributed by atoms with Crippen LogP contribution in [0.25, 0.3) is 0 Å². The van der Waals surface area contributed by atoms with Crippen LogP contribution < -0.4 is 5.32 Å². The first-order valence-electron chi connectivity index (χ1n) is 2.12. The fourth-order valence-corrected chi connectivity index (χ4v) is 0.426. The zero-order valence-electron chi connectivity index (χ0n) is 3.59. The molecule has 0 aromatic carbocycles. The molecule has 0 saturated carbocycles. The Balaban J connectivity index is 2.26. The number of hydrogen-bond acceptors (Lipinski definition) is 1. The van der Waals surface area contributed by atoms with E-state index in [1.54, 1.807) is 0 Å². The van der Waals surface area contributed by atoms with Gasteiger partial charge in [-0.2, -0.15) is 0 Å². The molecule has 2 heteroatoms. The van der Waals surface area contributed by atoms with Crippen LogP contribution in [0.5, 0.6) is 0 Å². The van der Waals surface area contributed by atoms with Crippen molar-refractivity contribution in [1.29, 1.82) is 0 Å². The third-order valence-corrected chi connectivity index (χ3v) is 0.727. The first kappa shape index (κ1) is 3.81. The SMILES string of the molecule is C1=NCC[N]C1. The summed E-state index contributed by atoms with van der Waals surface area (Å²) in [7, 11) is 0. The second kappa shape index (κ2) is 1.92. The van der Waals surface area contributed by atoms with Crippen molar-refractivity contribution < 1.29 is 0 Å². The zero-order chi connectivity index (χ0) is 4.24. The van der Waals surface area contributed by atoms with Gasteiger partial charge in [0.25, 0.3) is 0 Å². The molecule has 1 radical (unpaired) electrons. The van der Waals surface area contributed by atoms with Crippen LogP contribution in [-0.4, -0.2) is 25.8 Å². The van der Waals surface area contributed by atoms with Crippen molar-refractivity contribution in [3.05, 3.63) is 0 Å². The summed E-state index contributed by atoms with van der Waals surface area (Å²) in [5, 5.41) is 4.03. The van der Waals surface area contributed by atoms with Crippen LogP contribution in [0.1, 0.15) is 0 Å². The van der Waals surface area contributed by atoms with Gasteiger partial charge >= 0.3 is 0 Å².